The van der Waals surface area contributed by atoms with E-state index in [0.29, 0.717) is 31.7 Å². The Kier molecular flexibility index (Phi) is 5.62. The zero-order valence-electron chi connectivity index (χ0n) is 18.9. The Morgan fingerprint density at radius 3 is 2.64 bits per heavy atom. The Balaban J connectivity index is 1.21. The van der Waals surface area contributed by atoms with Gasteiger partial charge < -0.3 is 15.1 Å². The molecule has 0 unspecified atom stereocenters. The first-order valence-electron chi connectivity index (χ1n) is 11.4. The van der Waals surface area contributed by atoms with E-state index in [2.05, 4.69) is 47.2 Å². The van der Waals surface area contributed by atoms with Crippen LogP contribution in [-0.2, 0) is 4.79 Å². The molecule has 1 atom stereocenters. The molecule has 1 fully saturated rings. The minimum absolute atomic E-state index is 0.0905. The predicted molar refractivity (Wildman–Crippen MR) is 133 cm³/mol. The van der Waals surface area contributed by atoms with Crippen LogP contribution in [0.4, 0.5) is 11.5 Å². The monoisotopic (exact) mass is 461 g/mol. The summed E-state index contributed by atoms with van der Waals surface area (Å²) < 4.78 is 1.72. The number of piperazine rings is 1. The number of para-hydroxylation sites is 1. The lowest BCUT2D eigenvalue weighted by atomic mass is 10.1. The molecule has 0 aliphatic carbocycles. The number of carbonyl (C=O) groups excluding carboxylic acids is 2. The van der Waals surface area contributed by atoms with Crippen LogP contribution in [0.2, 0.25) is 0 Å². The summed E-state index contributed by atoms with van der Waals surface area (Å²) in [5.41, 5.74) is 4.58. The number of anilines is 2. The Hall–Kier alpha value is -3.26. The van der Waals surface area contributed by atoms with Gasteiger partial charge in [0.15, 0.2) is 0 Å². The largest absolute Gasteiger partial charge is 0.368 e. The van der Waals surface area contributed by atoms with Crippen LogP contribution < -0.4 is 10.2 Å². The fraction of sp³-hybridized carbons (Fsp3) is 0.360. The van der Waals surface area contributed by atoms with Gasteiger partial charge in [0, 0.05) is 43.7 Å². The average Bonchev–Trinajstić information content (AvgIpc) is 3.16. The highest BCUT2D eigenvalue weighted by Gasteiger charge is 2.33. The minimum atomic E-state index is -0.473. The molecular weight excluding hydrogens is 434 g/mol. The van der Waals surface area contributed by atoms with Crippen LogP contribution in [0.3, 0.4) is 0 Å². The second-order valence-corrected chi connectivity index (χ2v) is 9.12. The standard InChI is InChI=1S/C25H27N5O2S/c1-16-6-5-9-21(17(16)2)28-12-14-29(15-13-28)22(31)11-10-20-24(32)30-23(26-20)18-7-3-4-8-19(18)27-25(30)33/h3-9,20,26H,10-15H2,1-2H3/t20-/m1/s1. The Bertz CT molecular complexity index is 1310. The van der Waals surface area contributed by atoms with Crippen molar-refractivity contribution in [3.63, 3.8) is 0 Å². The van der Waals surface area contributed by atoms with E-state index in [1.54, 1.807) is 0 Å². The Morgan fingerprint density at radius 1 is 1.09 bits per heavy atom. The SMILES string of the molecule is Cc1cccc(N2CCN(C(=O)CC[C@H]3Nc4c5ccccc5nc(=S)n4C3=O)CC2)c1C. The quantitative estimate of drug-likeness (QED) is 0.594. The van der Waals surface area contributed by atoms with E-state index < -0.39 is 6.04 Å². The third-order valence-electron chi connectivity index (χ3n) is 6.82. The van der Waals surface area contributed by atoms with Crippen molar-refractivity contribution in [1.82, 2.24) is 14.5 Å². The number of hydrogen-bond donors (Lipinski definition) is 1. The molecule has 0 radical (unpaired) electrons. The molecule has 1 saturated heterocycles. The smallest absolute Gasteiger partial charge is 0.257 e. The Morgan fingerprint density at radius 2 is 1.85 bits per heavy atom. The highest BCUT2D eigenvalue weighted by atomic mass is 32.1. The third-order valence-corrected chi connectivity index (χ3v) is 7.09. The summed E-state index contributed by atoms with van der Waals surface area (Å²) in [5.74, 6) is 0.628. The Labute approximate surface area is 198 Å². The lowest BCUT2D eigenvalue weighted by molar-refractivity contribution is -0.131. The second-order valence-electron chi connectivity index (χ2n) is 8.76. The molecule has 33 heavy (non-hydrogen) atoms. The second kappa shape index (κ2) is 8.59. The maximum absolute atomic E-state index is 13.0. The van der Waals surface area contributed by atoms with Gasteiger partial charge in [-0.15, -0.1) is 0 Å². The number of aromatic nitrogens is 2. The van der Waals surface area contributed by atoms with Gasteiger partial charge in [0.2, 0.25) is 10.7 Å². The fourth-order valence-electron chi connectivity index (χ4n) is 4.77. The molecule has 1 N–H and O–H groups in total. The van der Waals surface area contributed by atoms with Crippen molar-refractivity contribution in [3.8, 4) is 0 Å². The molecule has 0 bridgehead atoms. The predicted octanol–water partition coefficient (Wildman–Crippen LogP) is 3.95. The van der Waals surface area contributed by atoms with Crippen LogP contribution in [0.25, 0.3) is 10.9 Å². The maximum atomic E-state index is 13.0. The summed E-state index contributed by atoms with van der Waals surface area (Å²) in [5, 5.41) is 4.15. The van der Waals surface area contributed by atoms with Gasteiger partial charge >= 0.3 is 0 Å². The first kappa shape index (κ1) is 21.6. The first-order chi connectivity index (χ1) is 15.9. The summed E-state index contributed by atoms with van der Waals surface area (Å²) in [6.07, 6.45) is 0.749. The van der Waals surface area contributed by atoms with Crippen LogP contribution in [0.1, 0.15) is 28.8 Å². The number of carbonyl (C=O) groups is 2. The first-order valence-corrected chi connectivity index (χ1v) is 11.8. The number of rotatable bonds is 4. The van der Waals surface area contributed by atoms with Crippen LogP contribution in [0.15, 0.2) is 42.5 Å². The lowest BCUT2D eigenvalue weighted by Gasteiger charge is -2.37. The number of hydrogen-bond acceptors (Lipinski definition) is 6. The van der Waals surface area contributed by atoms with Crippen molar-refractivity contribution < 1.29 is 9.59 Å². The highest BCUT2D eigenvalue weighted by molar-refractivity contribution is 7.71. The molecule has 0 saturated carbocycles. The molecule has 2 aliphatic rings. The van der Waals surface area contributed by atoms with E-state index in [1.165, 1.54) is 21.4 Å². The molecule has 5 rings (SSSR count). The molecule has 1 amide bonds. The van der Waals surface area contributed by atoms with E-state index >= 15 is 0 Å². The molecule has 1 aromatic heterocycles. The third kappa shape index (κ3) is 3.88. The van der Waals surface area contributed by atoms with Crippen LogP contribution in [0.5, 0.6) is 0 Å². The van der Waals surface area contributed by atoms with Crippen molar-refractivity contribution in [2.45, 2.75) is 32.7 Å². The molecule has 0 spiro atoms. The molecule has 2 aliphatic heterocycles. The van der Waals surface area contributed by atoms with Crippen LogP contribution in [-0.4, -0.2) is 58.5 Å². The maximum Gasteiger partial charge on any atom is 0.257 e. The summed E-state index contributed by atoms with van der Waals surface area (Å²) in [7, 11) is 0. The fourth-order valence-corrected chi connectivity index (χ4v) is 5.05. The number of nitrogens with one attached hydrogen (secondary N) is 1. The van der Waals surface area contributed by atoms with Crippen molar-refractivity contribution in [3.05, 3.63) is 58.4 Å². The normalized spacial score (nSPS) is 17.9. The number of nitrogens with zero attached hydrogens (tertiary/aromatic N) is 4. The van der Waals surface area contributed by atoms with Crippen molar-refractivity contribution in [2.24, 2.45) is 0 Å². The highest BCUT2D eigenvalue weighted by Crippen LogP contribution is 2.29. The van der Waals surface area contributed by atoms with E-state index in [-0.39, 0.29) is 16.6 Å². The van der Waals surface area contributed by atoms with Gasteiger partial charge in [-0.25, -0.2) is 9.55 Å². The van der Waals surface area contributed by atoms with E-state index in [9.17, 15) is 9.59 Å². The van der Waals surface area contributed by atoms with Gasteiger partial charge in [-0.05, 0) is 61.8 Å². The molecule has 3 aromatic rings. The number of benzene rings is 2. The van der Waals surface area contributed by atoms with Crippen molar-refractivity contribution >= 4 is 46.4 Å². The number of amides is 1. The van der Waals surface area contributed by atoms with Crippen LogP contribution in [0, 0.1) is 18.6 Å². The number of aryl methyl sites for hydroxylation is 1. The van der Waals surface area contributed by atoms with E-state index in [1.807, 2.05) is 29.2 Å². The van der Waals surface area contributed by atoms with Gasteiger partial charge in [-0.1, -0.05) is 24.3 Å². The zero-order chi connectivity index (χ0) is 23.1. The van der Waals surface area contributed by atoms with Gasteiger partial charge in [-0.3, -0.25) is 9.59 Å². The van der Waals surface area contributed by atoms with E-state index in [0.717, 1.165) is 24.0 Å². The molecule has 7 nitrogen and oxygen atoms in total. The lowest BCUT2D eigenvalue weighted by Crippen LogP contribution is -2.49. The molecule has 3 heterocycles. The van der Waals surface area contributed by atoms with Crippen molar-refractivity contribution in [1.29, 1.82) is 0 Å². The summed E-state index contributed by atoms with van der Waals surface area (Å²) >= 11 is 5.35. The minimum Gasteiger partial charge on any atom is -0.368 e. The summed E-state index contributed by atoms with van der Waals surface area (Å²) in [6, 6.07) is 13.5. The average molecular weight is 462 g/mol. The molecule has 8 heteroatoms. The number of fused-ring (bicyclic) bond motifs is 3. The van der Waals surface area contributed by atoms with Gasteiger partial charge in [0.1, 0.15) is 11.9 Å². The summed E-state index contributed by atoms with van der Waals surface area (Å²) in [4.78, 5) is 34.5. The van der Waals surface area contributed by atoms with Crippen LogP contribution >= 0.6 is 12.2 Å². The molecule has 170 valence electrons. The van der Waals surface area contributed by atoms with Gasteiger partial charge in [0.05, 0.1) is 5.52 Å². The van der Waals surface area contributed by atoms with E-state index in [4.69, 9.17) is 12.2 Å². The molecule has 2 aromatic carbocycles. The van der Waals surface area contributed by atoms with Crippen molar-refractivity contribution in [2.75, 3.05) is 36.4 Å². The molecular formula is C25H27N5O2S. The van der Waals surface area contributed by atoms with Gasteiger partial charge in [0.25, 0.3) is 5.91 Å². The topological polar surface area (TPSA) is 70.5 Å². The zero-order valence-corrected chi connectivity index (χ0v) is 19.7. The van der Waals surface area contributed by atoms with Gasteiger partial charge in [-0.2, -0.15) is 0 Å². The summed E-state index contributed by atoms with van der Waals surface area (Å²) in [6.45, 7) is 7.29.